The number of fused-ring (bicyclic) bond motifs is 1. The number of hydrogen-bond acceptors (Lipinski definition) is 4. The number of aromatic nitrogens is 2. The van der Waals surface area contributed by atoms with E-state index in [0.717, 1.165) is 9.15 Å². The molecule has 1 aliphatic carbocycles. The van der Waals surface area contributed by atoms with E-state index in [4.69, 9.17) is 0 Å². The van der Waals surface area contributed by atoms with E-state index in [2.05, 4.69) is 42.3 Å². The number of benzene rings is 1. The fourth-order valence-corrected chi connectivity index (χ4v) is 3.72. The first-order chi connectivity index (χ1) is 10.7. The lowest BCUT2D eigenvalue weighted by atomic mass is 9.77. The van der Waals surface area contributed by atoms with Crippen molar-refractivity contribution in [2.45, 2.75) is 38.0 Å². The van der Waals surface area contributed by atoms with Crippen molar-refractivity contribution in [3.05, 3.63) is 37.6 Å². The standard InChI is InChI=1S/C15H15Br2N3O3/c1-15(23)5-9(6-15)18-12(21)7-20-14(22)10-3-2-8(16)4-11(10)13(17)19-20/h2-4,9,23H,5-7H2,1H3,(H,18,21)/t9-,15+. The lowest BCUT2D eigenvalue weighted by Crippen LogP contribution is -2.54. The molecule has 0 unspecified atom stereocenters. The van der Waals surface area contributed by atoms with Crippen molar-refractivity contribution in [1.29, 1.82) is 0 Å². The Morgan fingerprint density at radius 1 is 1.43 bits per heavy atom. The maximum atomic E-state index is 12.4. The first-order valence-electron chi connectivity index (χ1n) is 7.13. The Balaban J connectivity index is 1.81. The summed E-state index contributed by atoms with van der Waals surface area (Å²) in [6, 6.07) is 5.23. The smallest absolute Gasteiger partial charge is 0.275 e. The second kappa shape index (κ2) is 5.99. The van der Waals surface area contributed by atoms with Crippen LogP contribution < -0.4 is 10.9 Å². The molecule has 3 rings (SSSR count). The highest BCUT2D eigenvalue weighted by Crippen LogP contribution is 2.31. The van der Waals surface area contributed by atoms with Crippen LogP contribution in [0.25, 0.3) is 10.8 Å². The van der Waals surface area contributed by atoms with Gasteiger partial charge in [0, 0.05) is 15.9 Å². The van der Waals surface area contributed by atoms with Crippen LogP contribution >= 0.6 is 31.9 Å². The molecule has 122 valence electrons. The Morgan fingerprint density at radius 2 is 2.13 bits per heavy atom. The van der Waals surface area contributed by atoms with Gasteiger partial charge in [-0.3, -0.25) is 9.59 Å². The molecule has 1 aromatic heterocycles. The molecule has 1 heterocycles. The number of halogens is 2. The van der Waals surface area contributed by atoms with Gasteiger partial charge in [-0.2, -0.15) is 5.10 Å². The molecule has 0 spiro atoms. The van der Waals surface area contributed by atoms with Crippen molar-refractivity contribution >= 4 is 48.5 Å². The van der Waals surface area contributed by atoms with Crippen molar-refractivity contribution < 1.29 is 9.90 Å². The van der Waals surface area contributed by atoms with Crippen molar-refractivity contribution in [3.63, 3.8) is 0 Å². The Bertz CT molecular complexity index is 840. The first-order valence-corrected chi connectivity index (χ1v) is 8.71. The van der Waals surface area contributed by atoms with E-state index < -0.39 is 5.60 Å². The van der Waals surface area contributed by atoms with Gasteiger partial charge in [-0.1, -0.05) is 15.9 Å². The summed E-state index contributed by atoms with van der Waals surface area (Å²) in [7, 11) is 0. The Labute approximate surface area is 149 Å². The van der Waals surface area contributed by atoms with Crippen molar-refractivity contribution in [1.82, 2.24) is 15.1 Å². The minimum Gasteiger partial charge on any atom is -0.390 e. The van der Waals surface area contributed by atoms with E-state index in [-0.39, 0.29) is 24.1 Å². The summed E-state index contributed by atoms with van der Waals surface area (Å²) in [5.74, 6) is -0.288. The largest absolute Gasteiger partial charge is 0.390 e. The predicted octanol–water partition coefficient (Wildman–Crippen LogP) is 1.95. The van der Waals surface area contributed by atoms with Gasteiger partial charge in [-0.25, -0.2) is 4.68 Å². The van der Waals surface area contributed by atoms with Gasteiger partial charge in [0.1, 0.15) is 11.1 Å². The van der Waals surface area contributed by atoms with Crippen LogP contribution in [0.4, 0.5) is 0 Å². The molecule has 2 N–H and O–H groups in total. The lowest BCUT2D eigenvalue weighted by Gasteiger charge is -2.41. The summed E-state index contributed by atoms with van der Waals surface area (Å²) in [5, 5.41) is 17.8. The van der Waals surface area contributed by atoms with Crippen LogP contribution in [-0.4, -0.2) is 32.4 Å². The fraction of sp³-hybridized carbons (Fsp3) is 0.400. The summed E-state index contributed by atoms with van der Waals surface area (Å²) < 4.78 is 2.50. The average molecular weight is 445 g/mol. The van der Waals surface area contributed by atoms with Gasteiger partial charge in [0.25, 0.3) is 5.56 Å². The van der Waals surface area contributed by atoms with Crippen molar-refractivity contribution in [3.8, 4) is 0 Å². The molecule has 1 saturated carbocycles. The molecule has 1 fully saturated rings. The highest BCUT2D eigenvalue weighted by atomic mass is 79.9. The van der Waals surface area contributed by atoms with Gasteiger partial charge in [0.2, 0.25) is 5.91 Å². The molecule has 1 amide bonds. The molecule has 0 radical (unpaired) electrons. The van der Waals surface area contributed by atoms with Crippen LogP contribution in [0, 0.1) is 0 Å². The summed E-state index contributed by atoms with van der Waals surface area (Å²) in [6.45, 7) is 1.59. The highest BCUT2D eigenvalue weighted by molar-refractivity contribution is 9.11. The molecule has 0 bridgehead atoms. The molecule has 0 saturated heterocycles. The maximum absolute atomic E-state index is 12.4. The summed E-state index contributed by atoms with van der Waals surface area (Å²) in [5.41, 5.74) is -1.02. The zero-order valence-electron chi connectivity index (χ0n) is 12.3. The number of amides is 1. The molecule has 1 aromatic carbocycles. The second-order valence-electron chi connectivity index (χ2n) is 6.11. The minimum absolute atomic E-state index is 0.0481. The Morgan fingerprint density at radius 3 is 2.78 bits per heavy atom. The number of aliphatic hydroxyl groups is 1. The van der Waals surface area contributed by atoms with E-state index in [0.29, 0.717) is 28.2 Å². The molecule has 0 atom stereocenters. The monoisotopic (exact) mass is 443 g/mol. The van der Waals surface area contributed by atoms with Crippen LogP contribution in [0.15, 0.2) is 32.1 Å². The fourth-order valence-electron chi connectivity index (χ4n) is 2.84. The van der Waals surface area contributed by atoms with Gasteiger partial charge < -0.3 is 10.4 Å². The van der Waals surface area contributed by atoms with E-state index in [9.17, 15) is 14.7 Å². The number of nitrogens with zero attached hydrogens (tertiary/aromatic N) is 2. The number of carbonyl (C=O) groups excluding carboxylic acids is 1. The molecule has 6 nitrogen and oxygen atoms in total. The zero-order chi connectivity index (χ0) is 16.8. The molecule has 2 aromatic rings. The topological polar surface area (TPSA) is 84.2 Å². The summed E-state index contributed by atoms with van der Waals surface area (Å²) in [6.07, 6.45) is 1.05. The highest BCUT2D eigenvalue weighted by Gasteiger charge is 2.39. The summed E-state index contributed by atoms with van der Waals surface area (Å²) >= 11 is 6.70. The second-order valence-corrected chi connectivity index (χ2v) is 7.78. The zero-order valence-corrected chi connectivity index (χ0v) is 15.5. The van der Waals surface area contributed by atoms with Crippen molar-refractivity contribution in [2.75, 3.05) is 0 Å². The third-order valence-corrected chi connectivity index (χ3v) is 4.99. The molecular weight excluding hydrogens is 430 g/mol. The predicted molar refractivity (Wildman–Crippen MR) is 93.2 cm³/mol. The van der Waals surface area contributed by atoms with Crippen LogP contribution in [0.2, 0.25) is 0 Å². The number of hydrogen-bond donors (Lipinski definition) is 2. The van der Waals surface area contributed by atoms with E-state index >= 15 is 0 Å². The van der Waals surface area contributed by atoms with Gasteiger partial charge in [-0.05, 0) is 53.9 Å². The third kappa shape index (κ3) is 3.49. The maximum Gasteiger partial charge on any atom is 0.275 e. The third-order valence-electron chi connectivity index (χ3n) is 3.91. The summed E-state index contributed by atoms with van der Waals surface area (Å²) in [4.78, 5) is 24.5. The number of rotatable bonds is 3. The minimum atomic E-state index is -0.702. The van der Waals surface area contributed by atoms with Gasteiger partial charge in [-0.15, -0.1) is 0 Å². The molecular formula is C15H15Br2N3O3. The van der Waals surface area contributed by atoms with Crippen LogP contribution in [0.3, 0.4) is 0 Å². The lowest BCUT2D eigenvalue weighted by molar-refractivity contribution is -0.125. The number of nitrogens with one attached hydrogen (secondary N) is 1. The van der Waals surface area contributed by atoms with E-state index in [1.165, 1.54) is 0 Å². The van der Waals surface area contributed by atoms with E-state index in [1.54, 1.807) is 25.1 Å². The van der Waals surface area contributed by atoms with Crippen LogP contribution in [0.5, 0.6) is 0 Å². The van der Waals surface area contributed by atoms with Gasteiger partial charge in [0.05, 0.1) is 11.0 Å². The van der Waals surface area contributed by atoms with Gasteiger partial charge >= 0.3 is 0 Å². The molecule has 1 aliphatic rings. The van der Waals surface area contributed by atoms with Crippen molar-refractivity contribution in [2.24, 2.45) is 0 Å². The first kappa shape index (κ1) is 16.6. The average Bonchev–Trinajstić information content (AvgIpc) is 2.42. The molecule has 23 heavy (non-hydrogen) atoms. The Hall–Kier alpha value is -1.25. The normalized spacial score (nSPS) is 23.6. The van der Waals surface area contributed by atoms with Gasteiger partial charge in [0.15, 0.2) is 0 Å². The van der Waals surface area contributed by atoms with Crippen LogP contribution in [-0.2, 0) is 11.3 Å². The molecule has 0 aliphatic heterocycles. The quantitative estimate of drug-likeness (QED) is 0.757. The molecule has 8 heteroatoms. The van der Waals surface area contributed by atoms with Crippen LogP contribution in [0.1, 0.15) is 19.8 Å². The Kier molecular flexibility index (Phi) is 4.33. The SMILES string of the molecule is C[C@]1(O)C[C@@H](NC(=O)Cn2nc(Br)c3cc(Br)ccc3c2=O)C1. The number of carbonyl (C=O) groups is 1. The van der Waals surface area contributed by atoms with E-state index in [1.807, 2.05) is 0 Å².